The Kier molecular flexibility index (Phi) is 10.8. The van der Waals surface area contributed by atoms with Crippen molar-refractivity contribution < 1.29 is 91.6 Å². The van der Waals surface area contributed by atoms with Crippen LogP contribution in [0.5, 0.6) is 28.7 Å². The molecule has 0 amide bonds. The molecule has 16 nitrogen and oxygen atoms in total. The van der Waals surface area contributed by atoms with Crippen LogP contribution in [-0.2, 0) is 9.47 Å². The third kappa shape index (κ3) is 6.67. The first kappa shape index (κ1) is 34.6. The van der Waals surface area contributed by atoms with E-state index in [1.807, 2.05) is 0 Å². The van der Waals surface area contributed by atoms with Crippen molar-refractivity contribution in [1.82, 2.24) is 0 Å². The fraction of sp³-hybridized carbons (Fsp3) is 0.464. The molecule has 5 rings (SSSR count). The number of hydrogen-bond donors (Lipinski definition) is 10. The Balaban J connectivity index is 0.00000461. The Morgan fingerprint density at radius 2 is 1.24 bits per heavy atom. The van der Waals surface area contributed by atoms with Crippen LogP contribution in [0.25, 0.3) is 22.3 Å². The van der Waals surface area contributed by atoms with E-state index >= 15 is 0 Å². The van der Waals surface area contributed by atoms with Gasteiger partial charge in [0.05, 0.1) is 32.0 Å². The molecule has 1 aromatic heterocycles. The molecule has 3 aromatic rings. The van der Waals surface area contributed by atoms with Gasteiger partial charge in [-0.25, -0.2) is 4.42 Å². The van der Waals surface area contributed by atoms with Crippen molar-refractivity contribution in [3.63, 3.8) is 0 Å². The number of fused-ring (bicyclic) bond motifs is 1. The summed E-state index contributed by atoms with van der Waals surface area (Å²) in [5, 5.41) is 102. The zero-order valence-electron chi connectivity index (χ0n) is 23.5. The summed E-state index contributed by atoms with van der Waals surface area (Å²) in [6.45, 7) is -1.43. The van der Waals surface area contributed by atoms with Gasteiger partial charge in [-0.05, 0) is 12.1 Å². The number of benzene rings is 2. The first-order valence-corrected chi connectivity index (χ1v) is 13.4. The molecule has 2 saturated heterocycles. The highest BCUT2D eigenvalue weighted by atomic mass is 35.5. The second kappa shape index (κ2) is 14.0. The summed E-state index contributed by atoms with van der Waals surface area (Å²) in [7, 11) is 1.32. The first-order chi connectivity index (χ1) is 21.0. The maximum atomic E-state index is 10.6. The largest absolute Gasteiger partial charge is 1.00 e. The van der Waals surface area contributed by atoms with E-state index in [2.05, 4.69) is 0 Å². The maximum absolute atomic E-state index is 10.6. The summed E-state index contributed by atoms with van der Waals surface area (Å²) in [5.41, 5.74) is 0.244. The highest BCUT2D eigenvalue weighted by Crippen LogP contribution is 2.43. The summed E-state index contributed by atoms with van der Waals surface area (Å²) < 4.78 is 33.9. The SMILES string of the molecule is COc1cc(-c2[o+]c3cc(O)cc(OC4O[C@H](CO)[C@@H](O)[C@H](O)[C@H]4O)c3cc2OC2O[C@H](CO)[C@@H](O)[C@H](O)[C@H]2O)ccc1O.[Cl-]. The molecule has 0 saturated carbocycles. The normalized spacial score (nSPS) is 31.7. The minimum absolute atomic E-state index is 0. The van der Waals surface area contributed by atoms with Crippen molar-refractivity contribution in [2.24, 2.45) is 0 Å². The van der Waals surface area contributed by atoms with E-state index in [0.29, 0.717) is 0 Å². The summed E-state index contributed by atoms with van der Waals surface area (Å²) >= 11 is 0. The number of halogens is 1. The summed E-state index contributed by atoms with van der Waals surface area (Å²) in [6, 6.07) is 7.81. The Hall–Kier alpha value is -3.26. The highest BCUT2D eigenvalue weighted by molar-refractivity contribution is 5.89. The van der Waals surface area contributed by atoms with Crippen LogP contribution in [-0.4, -0.2) is 133 Å². The van der Waals surface area contributed by atoms with Crippen molar-refractivity contribution in [3.8, 4) is 40.1 Å². The molecule has 3 heterocycles. The Morgan fingerprint density at radius 1 is 0.689 bits per heavy atom. The zero-order valence-corrected chi connectivity index (χ0v) is 24.2. The molecule has 0 spiro atoms. The fourth-order valence-electron chi connectivity index (χ4n) is 4.96. The van der Waals surface area contributed by atoms with Gasteiger partial charge >= 0.3 is 11.3 Å². The van der Waals surface area contributed by atoms with Gasteiger partial charge in [-0.15, -0.1) is 0 Å². The molecule has 10 atom stereocenters. The second-order valence-corrected chi connectivity index (χ2v) is 10.3. The van der Waals surface area contributed by atoms with E-state index in [9.17, 15) is 51.1 Å². The predicted molar refractivity (Wildman–Crippen MR) is 145 cm³/mol. The van der Waals surface area contributed by atoms with E-state index < -0.39 is 74.6 Å². The molecular formula is C28H33ClO16. The van der Waals surface area contributed by atoms with Crippen LogP contribution in [0, 0.1) is 0 Å². The molecule has 0 aliphatic carbocycles. The topological polar surface area (TPSA) is 260 Å². The van der Waals surface area contributed by atoms with Gasteiger partial charge in [0, 0.05) is 18.2 Å². The van der Waals surface area contributed by atoms with Gasteiger partial charge in [0.25, 0.3) is 0 Å². The van der Waals surface area contributed by atoms with Crippen LogP contribution in [0.3, 0.4) is 0 Å². The third-order valence-corrected chi connectivity index (χ3v) is 7.43. The van der Waals surface area contributed by atoms with Crippen LogP contribution in [0.2, 0.25) is 0 Å². The first-order valence-electron chi connectivity index (χ1n) is 13.4. The lowest BCUT2D eigenvalue weighted by atomic mass is 9.99. The van der Waals surface area contributed by atoms with E-state index in [1.165, 1.54) is 37.4 Å². The van der Waals surface area contributed by atoms with E-state index in [4.69, 9.17) is 28.1 Å². The van der Waals surface area contributed by atoms with Crippen LogP contribution >= 0.6 is 0 Å². The van der Waals surface area contributed by atoms with Crippen LogP contribution in [0.1, 0.15) is 0 Å². The van der Waals surface area contributed by atoms with Gasteiger partial charge in [-0.1, -0.05) is 0 Å². The lowest BCUT2D eigenvalue weighted by Crippen LogP contribution is -3.00. The van der Waals surface area contributed by atoms with Gasteiger partial charge in [0.2, 0.25) is 18.3 Å². The van der Waals surface area contributed by atoms with Crippen molar-refractivity contribution in [2.45, 2.75) is 61.4 Å². The van der Waals surface area contributed by atoms with Gasteiger partial charge in [-0.3, -0.25) is 0 Å². The molecule has 2 aliphatic heterocycles. The van der Waals surface area contributed by atoms with Gasteiger partial charge in [0.15, 0.2) is 11.5 Å². The zero-order chi connectivity index (χ0) is 31.9. The molecule has 2 aromatic carbocycles. The monoisotopic (exact) mass is 660 g/mol. The van der Waals surface area contributed by atoms with E-state index in [0.717, 1.165) is 6.07 Å². The minimum Gasteiger partial charge on any atom is -1.00 e. The summed E-state index contributed by atoms with van der Waals surface area (Å²) in [4.78, 5) is 0. The average Bonchev–Trinajstić information content (AvgIpc) is 3.01. The number of hydrogen-bond acceptors (Lipinski definition) is 15. The highest BCUT2D eigenvalue weighted by Gasteiger charge is 2.47. The number of aliphatic hydroxyl groups is 8. The van der Waals surface area contributed by atoms with Gasteiger partial charge < -0.3 is 87.2 Å². The second-order valence-electron chi connectivity index (χ2n) is 10.3. The van der Waals surface area contributed by atoms with Crippen molar-refractivity contribution in [2.75, 3.05) is 20.3 Å². The average molecular weight is 661 g/mol. The van der Waals surface area contributed by atoms with Crippen molar-refractivity contribution in [1.29, 1.82) is 0 Å². The number of aliphatic hydroxyl groups excluding tert-OH is 8. The van der Waals surface area contributed by atoms with Crippen LogP contribution < -0.4 is 26.6 Å². The Morgan fingerprint density at radius 3 is 1.78 bits per heavy atom. The summed E-state index contributed by atoms with van der Waals surface area (Å²) in [6.07, 6.45) is -16.3. The summed E-state index contributed by atoms with van der Waals surface area (Å²) in [5.74, 6) is -0.907. The molecule has 0 bridgehead atoms. The molecule has 0 radical (unpaired) electrons. The third-order valence-electron chi connectivity index (χ3n) is 7.43. The molecule has 248 valence electrons. The van der Waals surface area contributed by atoms with Crippen molar-refractivity contribution in [3.05, 3.63) is 36.4 Å². The number of methoxy groups -OCH3 is 1. The molecule has 45 heavy (non-hydrogen) atoms. The quantitative estimate of drug-likeness (QED) is 0.102. The standard InChI is InChI=1S/C28H32O16.ClH/c1-39-16-4-10(2-3-13(16)32)26-17(42-28-25(38)23(36)21(34)19(9-30)44-28)7-12-14(40-26)5-11(31)6-15(12)41-27-24(37)22(35)20(33)18(8-29)43-27;/h2-7,18-25,27-30,33-38H,8-9H2,1H3,(H-,31,32);1H/t18-,19-,20-,21-,22+,23+,24-,25-,27?,28?;/m1./s1. The van der Waals surface area contributed by atoms with Gasteiger partial charge in [-0.2, -0.15) is 0 Å². The number of phenols is 2. The Labute approximate surface area is 260 Å². The molecular weight excluding hydrogens is 628 g/mol. The molecule has 2 unspecified atom stereocenters. The van der Waals surface area contributed by atoms with Gasteiger partial charge in [0.1, 0.15) is 65.7 Å². The predicted octanol–water partition coefficient (Wildman–Crippen LogP) is -4.84. The number of rotatable bonds is 8. The number of ether oxygens (including phenoxy) is 5. The van der Waals surface area contributed by atoms with E-state index in [-0.39, 0.29) is 63.4 Å². The molecule has 2 aliphatic rings. The molecule has 2 fully saturated rings. The number of phenolic OH excluding ortho intramolecular Hbond substituents is 2. The Bertz CT molecular complexity index is 1470. The lowest BCUT2D eigenvalue weighted by Gasteiger charge is -2.39. The van der Waals surface area contributed by atoms with Crippen molar-refractivity contribution >= 4 is 11.0 Å². The lowest BCUT2D eigenvalue weighted by molar-refractivity contribution is -0.277. The maximum Gasteiger partial charge on any atom is 0.402 e. The van der Waals surface area contributed by atoms with Crippen LogP contribution in [0.4, 0.5) is 0 Å². The minimum atomic E-state index is -1.80. The number of aromatic hydroxyl groups is 2. The molecule has 10 N–H and O–H groups in total. The van der Waals surface area contributed by atoms with Crippen LogP contribution in [0.15, 0.2) is 40.8 Å². The molecule has 17 heteroatoms. The fourth-order valence-corrected chi connectivity index (χ4v) is 4.96. The van der Waals surface area contributed by atoms with E-state index in [1.54, 1.807) is 0 Å². The smallest absolute Gasteiger partial charge is 0.402 e.